The number of fused-ring (bicyclic) bond motifs is 1. The Morgan fingerprint density at radius 1 is 1.59 bits per heavy atom. The Bertz CT molecular complexity index is 425. The molecule has 2 atom stereocenters. The molecule has 92 valence electrons. The highest BCUT2D eigenvalue weighted by molar-refractivity contribution is 5.47. The van der Waals surface area contributed by atoms with Gasteiger partial charge in [0.1, 0.15) is 0 Å². The van der Waals surface area contributed by atoms with Crippen molar-refractivity contribution in [3.63, 3.8) is 0 Å². The summed E-state index contributed by atoms with van der Waals surface area (Å²) in [6, 6.07) is 0. The summed E-state index contributed by atoms with van der Waals surface area (Å²) in [5, 5.41) is 9.97. The van der Waals surface area contributed by atoms with E-state index in [1.165, 1.54) is 16.7 Å². The second kappa shape index (κ2) is 4.30. The van der Waals surface area contributed by atoms with Gasteiger partial charge in [-0.15, -0.1) is 0 Å². The molecule has 2 unspecified atom stereocenters. The van der Waals surface area contributed by atoms with Gasteiger partial charge in [-0.2, -0.15) is 0 Å². The number of aliphatic hydroxyl groups is 1. The van der Waals surface area contributed by atoms with Gasteiger partial charge in [-0.3, -0.25) is 0 Å². The van der Waals surface area contributed by atoms with Gasteiger partial charge in [0.05, 0.1) is 6.10 Å². The molecule has 0 aliphatic heterocycles. The summed E-state index contributed by atoms with van der Waals surface area (Å²) in [6.07, 6.45) is 7.79. The zero-order chi connectivity index (χ0) is 12.6. The van der Waals surface area contributed by atoms with Gasteiger partial charge >= 0.3 is 0 Å². The van der Waals surface area contributed by atoms with Crippen LogP contribution in [0.1, 0.15) is 39.5 Å². The maximum Gasteiger partial charge on any atom is 0.0589 e. The molecule has 0 fully saturated rings. The van der Waals surface area contributed by atoms with Crippen LogP contribution in [0.5, 0.6) is 0 Å². The van der Waals surface area contributed by atoms with Crippen LogP contribution in [-0.2, 0) is 0 Å². The monoisotopic (exact) mass is 230 g/mol. The van der Waals surface area contributed by atoms with Crippen molar-refractivity contribution in [3.8, 4) is 0 Å². The van der Waals surface area contributed by atoms with E-state index in [0.717, 1.165) is 31.3 Å². The van der Waals surface area contributed by atoms with Gasteiger partial charge in [-0.25, -0.2) is 0 Å². The fraction of sp³-hybridized carbons (Fsp3) is 0.500. The minimum atomic E-state index is -0.212. The molecular formula is C16H22O. The predicted octanol–water partition coefficient (Wildman–Crippen LogP) is 3.93. The maximum absolute atomic E-state index is 9.97. The second-order valence-electron chi connectivity index (χ2n) is 5.72. The first-order valence-electron chi connectivity index (χ1n) is 6.37. The molecule has 0 radical (unpaired) electrons. The standard InChI is InChI=1S/C16H22O/c1-5-12-8-14(17)10-16(4)7-6-13(11(2)3)9-15(12)16/h5,9,14,17H,1-2,6-8,10H2,3-4H3. The topological polar surface area (TPSA) is 20.2 Å². The summed E-state index contributed by atoms with van der Waals surface area (Å²) >= 11 is 0. The Balaban J connectivity index is 2.51. The molecule has 0 saturated heterocycles. The molecule has 1 heteroatoms. The molecule has 0 amide bonds. The molecule has 0 aromatic heterocycles. The van der Waals surface area contributed by atoms with Crippen LogP contribution < -0.4 is 0 Å². The maximum atomic E-state index is 9.97. The Morgan fingerprint density at radius 3 is 2.88 bits per heavy atom. The van der Waals surface area contributed by atoms with E-state index in [9.17, 15) is 5.11 Å². The molecule has 2 aliphatic carbocycles. The molecule has 0 saturated carbocycles. The van der Waals surface area contributed by atoms with Crippen LogP contribution in [0.3, 0.4) is 0 Å². The number of rotatable bonds is 2. The predicted molar refractivity (Wildman–Crippen MR) is 72.7 cm³/mol. The fourth-order valence-corrected chi connectivity index (χ4v) is 3.14. The first-order chi connectivity index (χ1) is 7.96. The third-order valence-corrected chi connectivity index (χ3v) is 4.20. The number of hydrogen-bond acceptors (Lipinski definition) is 1. The lowest BCUT2D eigenvalue weighted by Gasteiger charge is -2.42. The van der Waals surface area contributed by atoms with Crippen LogP contribution in [-0.4, -0.2) is 11.2 Å². The highest BCUT2D eigenvalue weighted by Gasteiger charge is 2.38. The Morgan fingerprint density at radius 2 is 2.29 bits per heavy atom. The summed E-state index contributed by atoms with van der Waals surface area (Å²) in [4.78, 5) is 0. The molecule has 0 bridgehead atoms. The highest BCUT2D eigenvalue weighted by Crippen LogP contribution is 2.49. The second-order valence-corrected chi connectivity index (χ2v) is 5.72. The number of hydrogen-bond donors (Lipinski definition) is 1. The van der Waals surface area contributed by atoms with E-state index < -0.39 is 0 Å². The normalized spacial score (nSPS) is 32.9. The van der Waals surface area contributed by atoms with Crippen molar-refractivity contribution in [1.82, 2.24) is 0 Å². The molecule has 0 aromatic rings. The van der Waals surface area contributed by atoms with E-state index in [-0.39, 0.29) is 11.5 Å². The summed E-state index contributed by atoms with van der Waals surface area (Å²) in [5.41, 5.74) is 5.23. The van der Waals surface area contributed by atoms with Gasteiger partial charge in [0.2, 0.25) is 0 Å². The smallest absolute Gasteiger partial charge is 0.0589 e. The van der Waals surface area contributed by atoms with Gasteiger partial charge in [0.15, 0.2) is 0 Å². The fourth-order valence-electron chi connectivity index (χ4n) is 3.14. The van der Waals surface area contributed by atoms with E-state index in [2.05, 4.69) is 33.1 Å². The van der Waals surface area contributed by atoms with Crippen LogP contribution in [0.25, 0.3) is 0 Å². The van der Waals surface area contributed by atoms with Crippen molar-refractivity contribution in [1.29, 1.82) is 0 Å². The first kappa shape index (κ1) is 12.4. The van der Waals surface area contributed by atoms with Crippen molar-refractivity contribution in [2.75, 3.05) is 0 Å². The van der Waals surface area contributed by atoms with E-state index in [1.807, 2.05) is 6.08 Å². The van der Waals surface area contributed by atoms with Crippen molar-refractivity contribution < 1.29 is 5.11 Å². The minimum absolute atomic E-state index is 0.125. The zero-order valence-electron chi connectivity index (χ0n) is 10.9. The lowest BCUT2D eigenvalue weighted by atomic mass is 9.64. The van der Waals surface area contributed by atoms with E-state index in [1.54, 1.807) is 0 Å². The average molecular weight is 230 g/mol. The number of aliphatic hydroxyl groups excluding tert-OH is 1. The largest absolute Gasteiger partial charge is 0.393 e. The van der Waals surface area contributed by atoms with Crippen molar-refractivity contribution >= 4 is 0 Å². The van der Waals surface area contributed by atoms with Crippen molar-refractivity contribution in [3.05, 3.63) is 47.6 Å². The lowest BCUT2D eigenvalue weighted by molar-refractivity contribution is 0.105. The molecule has 1 nitrogen and oxygen atoms in total. The molecule has 2 aliphatic rings. The molecule has 0 spiro atoms. The quantitative estimate of drug-likeness (QED) is 0.762. The Hall–Kier alpha value is -1.08. The van der Waals surface area contributed by atoms with Crippen LogP contribution in [0.15, 0.2) is 47.6 Å². The molecule has 17 heavy (non-hydrogen) atoms. The summed E-state index contributed by atoms with van der Waals surface area (Å²) in [6.45, 7) is 12.3. The van der Waals surface area contributed by atoms with Crippen molar-refractivity contribution in [2.24, 2.45) is 5.41 Å². The Labute approximate surface area is 104 Å². The van der Waals surface area contributed by atoms with Gasteiger partial charge in [-0.05, 0) is 54.7 Å². The molecular weight excluding hydrogens is 208 g/mol. The third-order valence-electron chi connectivity index (χ3n) is 4.20. The van der Waals surface area contributed by atoms with Crippen LogP contribution in [0.2, 0.25) is 0 Å². The van der Waals surface area contributed by atoms with Crippen LogP contribution in [0.4, 0.5) is 0 Å². The molecule has 0 heterocycles. The molecule has 0 aromatic carbocycles. The Kier molecular flexibility index (Phi) is 3.13. The summed E-state index contributed by atoms with van der Waals surface area (Å²) in [5.74, 6) is 0. The van der Waals surface area contributed by atoms with Gasteiger partial charge < -0.3 is 5.11 Å². The molecule has 2 rings (SSSR count). The SMILES string of the molecule is C=CC1=C2C=C(C(=C)C)CCC2(C)CC(O)C1. The van der Waals surface area contributed by atoms with Crippen molar-refractivity contribution in [2.45, 2.75) is 45.6 Å². The first-order valence-corrected chi connectivity index (χ1v) is 6.37. The van der Waals surface area contributed by atoms with Gasteiger partial charge in [0, 0.05) is 0 Å². The van der Waals surface area contributed by atoms with Crippen LogP contribution >= 0.6 is 0 Å². The highest BCUT2D eigenvalue weighted by atomic mass is 16.3. The van der Waals surface area contributed by atoms with Gasteiger partial charge in [0.25, 0.3) is 0 Å². The average Bonchev–Trinajstić information content (AvgIpc) is 2.25. The molecule has 1 N–H and O–H groups in total. The summed E-state index contributed by atoms with van der Waals surface area (Å²) in [7, 11) is 0. The third kappa shape index (κ3) is 2.16. The van der Waals surface area contributed by atoms with E-state index in [0.29, 0.717) is 0 Å². The van der Waals surface area contributed by atoms with Gasteiger partial charge in [-0.1, -0.05) is 37.8 Å². The van der Waals surface area contributed by atoms with E-state index >= 15 is 0 Å². The van der Waals surface area contributed by atoms with Crippen LogP contribution in [0, 0.1) is 5.41 Å². The van der Waals surface area contributed by atoms with E-state index in [4.69, 9.17) is 0 Å². The zero-order valence-corrected chi connectivity index (χ0v) is 10.9. The lowest BCUT2D eigenvalue weighted by Crippen LogP contribution is -2.33. The minimum Gasteiger partial charge on any atom is -0.393 e. The number of allylic oxidation sites excluding steroid dienone is 5. The summed E-state index contributed by atoms with van der Waals surface area (Å²) < 4.78 is 0.